The second-order valence-electron chi connectivity index (χ2n) is 5.49. The summed E-state index contributed by atoms with van der Waals surface area (Å²) in [4.78, 5) is 23.3. The molecule has 8 nitrogen and oxygen atoms in total. The van der Waals surface area contributed by atoms with E-state index in [2.05, 4.69) is 16.1 Å². The summed E-state index contributed by atoms with van der Waals surface area (Å²) >= 11 is 0. The van der Waals surface area contributed by atoms with Crippen LogP contribution in [0, 0.1) is 0 Å². The molecule has 1 amide bonds. The van der Waals surface area contributed by atoms with Gasteiger partial charge in [0, 0.05) is 6.04 Å². The molecule has 0 aliphatic heterocycles. The summed E-state index contributed by atoms with van der Waals surface area (Å²) in [6.07, 6.45) is -12.0. The quantitative estimate of drug-likeness (QED) is 0.190. The van der Waals surface area contributed by atoms with E-state index < -0.39 is 63.6 Å². The van der Waals surface area contributed by atoms with Gasteiger partial charge in [-0.15, -0.1) is 0 Å². The zero-order valence-corrected chi connectivity index (χ0v) is 15.1. The molecule has 0 saturated carbocycles. The normalized spacial score (nSPS) is 15.6. The van der Waals surface area contributed by atoms with Crippen LogP contribution < -0.4 is 5.32 Å². The van der Waals surface area contributed by atoms with Gasteiger partial charge in [0.2, 0.25) is 0 Å². The predicted octanol–water partition coefficient (Wildman–Crippen LogP) is 1.59. The Kier molecular flexibility index (Phi) is 7.81. The molecule has 0 aliphatic carbocycles. The van der Waals surface area contributed by atoms with E-state index in [1.54, 1.807) is 0 Å². The third kappa shape index (κ3) is 6.49. The lowest BCUT2D eigenvalue weighted by molar-refractivity contribution is -0.353. The third-order valence-corrected chi connectivity index (χ3v) is 3.58. The number of amides is 1. The van der Waals surface area contributed by atoms with Crippen molar-refractivity contribution in [2.24, 2.45) is 0 Å². The Bertz CT molecular complexity index is 759. The van der Waals surface area contributed by atoms with Gasteiger partial charge in [0.1, 0.15) is 12.2 Å². The highest BCUT2D eigenvalue weighted by molar-refractivity contribution is 7.86. The zero-order valence-electron chi connectivity index (χ0n) is 14.3. The highest BCUT2D eigenvalue weighted by atomic mass is 32.2. The van der Waals surface area contributed by atoms with Crippen molar-refractivity contribution in [2.45, 2.75) is 43.3 Å². The summed E-state index contributed by atoms with van der Waals surface area (Å²) < 4.78 is 142. The summed E-state index contributed by atoms with van der Waals surface area (Å²) in [6.45, 7) is 1.16. The van der Waals surface area contributed by atoms with Gasteiger partial charge in [-0.1, -0.05) is 6.58 Å². The van der Waals surface area contributed by atoms with Crippen molar-refractivity contribution in [1.29, 1.82) is 0 Å². The van der Waals surface area contributed by atoms with Crippen LogP contribution in [0.1, 0.15) is 13.8 Å². The van der Waals surface area contributed by atoms with Gasteiger partial charge in [-0.2, -0.15) is 35.1 Å². The molecule has 0 aromatic heterocycles. The lowest BCUT2D eigenvalue weighted by Gasteiger charge is -2.35. The molecule has 170 valence electrons. The molecule has 0 aromatic carbocycles. The topological polar surface area (TPSA) is 122 Å². The molecule has 0 bridgehead atoms. The van der Waals surface area contributed by atoms with Crippen molar-refractivity contribution in [2.75, 3.05) is 6.61 Å². The highest BCUT2D eigenvalue weighted by Gasteiger charge is 2.68. The fourth-order valence-electron chi connectivity index (χ4n) is 1.33. The SMILES string of the molecule is C=C(C(=O)OC(OCC(F)(F)S(=O)(=O)[O-])(C(=O)NC(C)C)C(F)(F)F)C(F)(F)F. The minimum atomic E-state index is -6.63. The standard InChI is InChI=1S/C12H13F8NO7S/c1-5(2)21-8(23)10(12(18,19)20,27-4-9(13,14)29(24,25)26)28-7(22)6(3)11(15,16)17/h5H,3-4H2,1-2H3,(H,21,23)(H,24,25,26)/p-1. The van der Waals surface area contributed by atoms with Crippen molar-refractivity contribution >= 4 is 22.0 Å². The molecule has 0 aliphatic rings. The molecule has 0 radical (unpaired) electrons. The Morgan fingerprint density at radius 2 is 1.52 bits per heavy atom. The first-order valence-corrected chi connectivity index (χ1v) is 8.33. The largest absolute Gasteiger partial charge is 0.743 e. The average molecular weight is 466 g/mol. The van der Waals surface area contributed by atoms with Crippen LogP contribution in [0.15, 0.2) is 12.2 Å². The maximum Gasteiger partial charge on any atom is 0.466 e. The van der Waals surface area contributed by atoms with Crippen LogP contribution in [-0.2, 0) is 29.2 Å². The number of hydrogen-bond acceptors (Lipinski definition) is 7. The molecule has 0 heterocycles. The van der Waals surface area contributed by atoms with Gasteiger partial charge in [0.25, 0.3) is 0 Å². The summed E-state index contributed by atoms with van der Waals surface area (Å²) in [5, 5.41) is -4.17. The number of esters is 1. The first-order valence-electron chi connectivity index (χ1n) is 6.93. The van der Waals surface area contributed by atoms with E-state index in [-0.39, 0.29) is 0 Å². The Morgan fingerprint density at radius 3 is 1.83 bits per heavy atom. The molecule has 1 N–H and O–H groups in total. The fraction of sp³-hybridized carbons (Fsp3) is 0.667. The smallest absolute Gasteiger partial charge is 0.466 e. The summed E-state index contributed by atoms with van der Waals surface area (Å²) in [6, 6.07) is -1.22. The number of carbonyl (C=O) groups excluding carboxylic acids is 2. The van der Waals surface area contributed by atoms with Gasteiger partial charge < -0.3 is 19.3 Å². The molecule has 0 rings (SSSR count). The van der Waals surface area contributed by atoms with E-state index in [0.29, 0.717) is 0 Å². The molecular weight excluding hydrogens is 454 g/mol. The number of halogens is 8. The molecule has 17 heteroatoms. The van der Waals surface area contributed by atoms with Crippen molar-refractivity contribution in [3.05, 3.63) is 12.2 Å². The van der Waals surface area contributed by atoms with Crippen molar-refractivity contribution in [1.82, 2.24) is 5.32 Å². The number of hydrogen-bond donors (Lipinski definition) is 1. The maximum atomic E-state index is 13.4. The van der Waals surface area contributed by atoms with Crippen LogP contribution in [0.25, 0.3) is 0 Å². The van der Waals surface area contributed by atoms with Gasteiger partial charge in [-0.05, 0) is 13.8 Å². The summed E-state index contributed by atoms with van der Waals surface area (Å²) in [5.74, 6) is -10.7. The first-order chi connectivity index (χ1) is 12.6. The molecule has 1 unspecified atom stereocenters. The van der Waals surface area contributed by atoms with E-state index in [1.807, 2.05) is 0 Å². The van der Waals surface area contributed by atoms with E-state index in [1.165, 1.54) is 5.32 Å². The third-order valence-electron chi connectivity index (χ3n) is 2.73. The first kappa shape index (κ1) is 27.0. The van der Waals surface area contributed by atoms with E-state index in [4.69, 9.17) is 0 Å². The number of rotatable bonds is 8. The number of nitrogens with one attached hydrogen (secondary N) is 1. The minimum Gasteiger partial charge on any atom is -0.743 e. The van der Waals surface area contributed by atoms with Crippen molar-refractivity contribution < 1.29 is 67.2 Å². The minimum absolute atomic E-state index is 1.02. The Labute approximate surface area is 157 Å². The average Bonchev–Trinajstić information content (AvgIpc) is 2.46. The summed E-state index contributed by atoms with van der Waals surface area (Å²) in [7, 11) is -6.63. The number of carbonyl (C=O) groups is 2. The molecule has 1 atom stereocenters. The van der Waals surface area contributed by atoms with Gasteiger partial charge >= 0.3 is 35.3 Å². The molecule has 0 aromatic rings. The van der Waals surface area contributed by atoms with Crippen LogP contribution in [0.5, 0.6) is 0 Å². The van der Waals surface area contributed by atoms with Gasteiger partial charge in [0.05, 0.1) is 0 Å². The van der Waals surface area contributed by atoms with Crippen LogP contribution in [0.3, 0.4) is 0 Å². The van der Waals surface area contributed by atoms with Gasteiger partial charge in [0.15, 0.2) is 10.1 Å². The van der Waals surface area contributed by atoms with Crippen LogP contribution in [0.2, 0.25) is 0 Å². The number of ether oxygens (including phenoxy) is 2. The fourth-order valence-corrected chi connectivity index (χ4v) is 1.54. The van der Waals surface area contributed by atoms with E-state index in [9.17, 15) is 57.7 Å². The van der Waals surface area contributed by atoms with Crippen LogP contribution >= 0.6 is 0 Å². The Morgan fingerprint density at radius 1 is 1.07 bits per heavy atom. The second-order valence-corrected chi connectivity index (χ2v) is 6.99. The lowest BCUT2D eigenvalue weighted by Crippen LogP contribution is -2.63. The molecular formula is C12H12F8NO7S-. The summed E-state index contributed by atoms with van der Waals surface area (Å²) in [5.41, 5.74) is -2.57. The highest BCUT2D eigenvalue weighted by Crippen LogP contribution is 2.39. The van der Waals surface area contributed by atoms with Crippen molar-refractivity contribution in [3.63, 3.8) is 0 Å². The van der Waals surface area contributed by atoms with Crippen LogP contribution in [0.4, 0.5) is 35.1 Å². The molecule has 0 fully saturated rings. The molecule has 0 saturated heterocycles. The molecule has 29 heavy (non-hydrogen) atoms. The van der Waals surface area contributed by atoms with Gasteiger partial charge in [-0.25, -0.2) is 13.2 Å². The predicted molar refractivity (Wildman–Crippen MR) is 73.9 cm³/mol. The maximum absolute atomic E-state index is 13.4. The monoisotopic (exact) mass is 466 g/mol. The Balaban J connectivity index is 6.34. The lowest BCUT2D eigenvalue weighted by atomic mass is 10.2. The van der Waals surface area contributed by atoms with E-state index >= 15 is 0 Å². The number of alkyl halides is 8. The van der Waals surface area contributed by atoms with Crippen LogP contribution in [-0.4, -0.2) is 60.9 Å². The van der Waals surface area contributed by atoms with E-state index in [0.717, 1.165) is 13.8 Å². The second kappa shape index (κ2) is 8.39. The molecule has 0 spiro atoms. The Hall–Kier alpha value is -2.01. The zero-order chi connectivity index (χ0) is 23.6. The van der Waals surface area contributed by atoms with Gasteiger partial charge in [-0.3, -0.25) is 4.79 Å². The van der Waals surface area contributed by atoms with Crippen molar-refractivity contribution in [3.8, 4) is 0 Å².